The first kappa shape index (κ1) is 25.3. The number of nitrogens with zero attached hydrogens (tertiary/aromatic N) is 3. The quantitative estimate of drug-likeness (QED) is 0.248. The van der Waals surface area contributed by atoms with E-state index in [1.54, 1.807) is 48.5 Å². The summed E-state index contributed by atoms with van der Waals surface area (Å²) in [6.07, 6.45) is 0. The molecule has 0 fully saturated rings. The third-order valence-electron chi connectivity index (χ3n) is 6.94. The van der Waals surface area contributed by atoms with E-state index in [0.717, 1.165) is 0 Å². The molecule has 11 heteroatoms. The van der Waals surface area contributed by atoms with E-state index in [1.807, 2.05) is 6.07 Å². The number of benzene rings is 3. The van der Waals surface area contributed by atoms with E-state index in [1.165, 1.54) is 40.9 Å². The highest BCUT2D eigenvalue weighted by Gasteiger charge is 2.60. The summed E-state index contributed by atoms with van der Waals surface area (Å²) in [5.74, 6) is -1.15. The fraction of sp³-hybridized carbons (Fsp3) is 0.103. The highest BCUT2D eigenvalue weighted by molar-refractivity contribution is 7.98. The lowest BCUT2D eigenvalue weighted by Gasteiger charge is -2.34. The average molecular weight is 555 g/mol. The lowest BCUT2D eigenvalue weighted by molar-refractivity contribution is -0.120. The van der Waals surface area contributed by atoms with E-state index in [0.29, 0.717) is 28.1 Å². The molecule has 6 rings (SSSR count). The fourth-order valence-corrected chi connectivity index (χ4v) is 6.11. The van der Waals surface area contributed by atoms with Gasteiger partial charge in [-0.15, -0.1) is 0 Å². The fourth-order valence-electron chi connectivity index (χ4n) is 5.31. The van der Waals surface area contributed by atoms with Crippen LogP contribution in [0.1, 0.15) is 22.3 Å². The molecule has 4 N–H and O–H groups in total. The number of thioether (sulfide) groups is 1. The third-order valence-corrected chi connectivity index (χ3v) is 7.89. The summed E-state index contributed by atoms with van der Waals surface area (Å²) < 4.78 is 27.6. The summed E-state index contributed by atoms with van der Waals surface area (Å²) >= 11 is 1.17. The maximum atomic E-state index is 14.4. The minimum atomic E-state index is -1.87. The summed E-state index contributed by atoms with van der Waals surface area (Å²) in [6, 6.07) is 20.8. The Bertz CT molecular complexity index is 1830. The normalized spacial score (nSPS) is 17.4. The van der Waals surface area contributed by atoms with Crippen LogP contribution in [-0.2, 0) is 22.5 Å². The number of carbonyl (C=O) groups is 1. The summed E-state index contributed by atoms with van der Waals surface area (Å²) in [7, 11) is 0. The number of aromatic amines is 1. The van der Waals surface area contributed by atoms with Gasteiger partial charge in [0.2, 0.25) is 5.91 Å². The molecule has 1 spiro atoms. The van der Waals surface area contributed by atoms with Crippen molar-refractivity contribution in [3.05, 3.63) is 128 Å². The maximum absolute atomic E-state index is 14.4. The van der Waals surface area contributed by atoms with Crippen LogP contribution in [0.25, 0.3) is 0 Å². The summed E-state index contributed by atoms with van der Waals surface area (Å²) in [4.78, 5) is 36.9. The van der Waals surface area contributed by atoms with Gasteiger partial charge in [0.05, 0.1) is 17.7 Å². The third kappa shape index (κ3) is 3.92. The molecular formula is C29H20F2N6O2S. The van der Waals surface area contributed by atoms with E-state index >= 15 is 0 Å². The van der Waals surface area contributed by atoms with Crippen LogP contribution >= 0.6 is 11.8 Å². The molecule has 1 amide bonds. The number of anilines is 2. The molecule has 4 aromatic rings. The molecule has 2 aliphatic rings. The molecule has 0 bridgehead atoms. The van der Waals surface area contributed by atoms with Gasteiger partial charge in [0.25, 0.3) is 5.56 Å². The number of amides is 1. The predicted octanol–water partition coefficient (Wildman–Crippen LogP) is 4.29. The van der Waals surface area contributed by atoms with E-state index in [2.05, 4.69) is 15.3 Å². The summed E-state index contributed by atoms with van der Waals surface area (Å²) in [6.45, 7) is 0.00361. The Kier molecular flexibility index (Phi) is 6.12. The topological polar surface area (TPSA) is 128 Å². The van der Waals surface area contributed by atoms with Gasteiger partial charge in [-0.25, -0.2) is 13.8 Å². The van der Waals surface area contributed by atoms with Crippen LogP contribution in [0.2, 0.25) is 0 Å². The maximum Gasteiger partial charge on any atom is 0.258 e. The summed E-state index contributed by atoms with van der Waals surface area (Å²) in [5.41, 5.74) is 5.69. The van der Waals surface area contributed by atoms with E-state index < -0.39 is 22.7 Å². The lowest BCUT2D eigenvalue weighted by atomic mass is 9.69. The Morgan fingerprint density at radius 2 is 1.70 bits per heavy atom. The second-order valence-corrected chi connectivity index (χ2v) is 10.3. The molecule has 0 saturated heterocycles. The zero-order valence-electron chi connectivity index (χ0n) is 20.7. The van der Waals surface area contributed by atoms with Crippen molar-refractivity contribution >= 4 is 29.2 Å². The first-order valence-electron chi connectivity index (χ1n) is 12.2. The molecule has 1 atom stereocenters. The second-order valence-electron chi connectivity index (χ2n) is 9.33. The zero-order valence-corrected chi connectivity index (χ0v) is 21.6. The lowest BCUT2D eigenvalue weighted by Crippen LogP contribution is -2.49. The zero-order chi connectivity index (χ0) is 28.0. The van der Waals surface area contributed by atoms with Crippen LogP contribution in [0.15, 0.2) is 94.1 Å². The second kappa shape index (κ2) is 9.66. The monoisotopic (exact) mass is 554 g/mol. The number of fused-ring (bicyclic) bond motifs is 4. The molecule has 0 aliphatic carbocycles. The van der Waals surface area contributed by atoms with Crippen molar-refractivity contribution in [2.75, 3.05) is 10.2 Å². The number of para-hydroxylation sites is 1. The number of hydrogen-bond donors (Lipinski definition) is 3. The van der Waals surface area contributed by atoms with E-state index in [9.17, 15) is 23.6 Å². The molecule has 3 aromatic carbocycles. The first-order valence-corrected chi connectivity index (χ1v) is 13.2. The summed E-state index contributed by atoms with van der Waals surface area (Å²) in [5, 5.41) is 13.3. The highest BCUT2D eigenvalue weighted by atomic mass is 32.2. The van der Waals surface area contributed by atoms with Crippen molar-refractivity contribution in [3.8, 4) is 6.07 Å². The number of halogens is 2. The van der Waals surface area contributed by atoms with Crippen LogP contribution < -0.4 is 21.5 Å². The van der Waals surface area contributed by atoms with Gasteiger partial charge in [-0.05, 0) is 41.5 Å². The van der Waals surface area contributed by atoms with Crippen molar-refractivity contribution < 1.29 is 13.6 Å². The first-order chi connectivity index (χ1) is 19.3. The van der Waals surface area contributed by atoms with E-state index in [-0.39, 0.29) is 40.3 Å². The van der Waals surface area contributed by atoms with Crippen molar-refractivity contribution in [3.63, 3.8) is 0 Å². The van der Waals surface area contributed by atoms with Crippen LogP contribution in [0.3, 0.4) is 0 Å². The minimum Gasteiger partial charge on any atom is -0.384 e. The molecular weight excluding hydrogens is 534 g/mol. The Balaban J connectivity index is 1.49. The molecule has 1 unspecified atom stereocenters. The number of carbonyl (C=O) groups excluding carboxylic acids is 1. The van der Waals surface area contributed by atoms with Gasteiger partial charge >= 0.3 is 0 Å². The predicted molar refractivity (Wildman–Crippen MR) is 146 cm³/mol. The minimum absolute atomic E-state index is 0.00361. The number of H-pyrrole nitrogens is 1. The van der Waals surface area contributed by atoms with Crippen molar-refractivity contribution in [1.29, 1.82) is 5.26 Å². The van der Waals surface area contributed by atoms with Crippen LogP contribution in [0.5, 0.6) is 0 Å². The number of nitrogens with one attached hydrogen (secondary N) is 2. The van der Waals surface area contributed by atoms with Gasteiger partial charge in [0, 0.05) is 17.0 Å². The standard InChI is InChI=1S/C29H20F2N6O2S/c30-18-7-3-5-16(11-18)14-37-22-10-2-1-9-20(22)29(27(37)39)21(13-32)24(33)34-25-23(29)26(38)36-28(35-25)40-15-17-6-4-8-19(31)12-17/h1-12H,14-15,33H2,(H2,34,35,36,38). The SMILES string of the molecule is N#CC1=C(N)Nc2nc(SCc3cccc(F)c3)[nH]c(=O)c2C12C(=O)N(Cc1cccc(F)c1)c1ccccc12. The van der Waals surface area contributed by atoms with Gasteiger partial charge in [-0.2, -0.15) is 5.26 Å². The van der Waals surface area contributed by atoms with Crippen molar-refractivity contribution in [2.45, 2.75) is 22.9 Å². The van der Waals surface area contributed by atoms with Crippen molar-refractivity contribution in [1.82, 2.24) is 9.97 Å². The van der Waals surface area contributed by atoms with Gasteiger partial charge < -0.3 is 20.9 Å². The molecule has 8 nitrogen and oxygen atoms in total. The molecule has 0 radical (unpaired) electrons. The Hall–Kier alpha value is -4.95. The average Bonchev–Trinajstić information content (AvgIpc) is 3.15. The van der Waals surface area contributed by atoms with Gasteiger partial charge in [0.1, 0.15) is 34.8 Å². The van der Waals surface area contributed by atoms with Crippen LogP contribution in [-0.4, -0.2) is 15.9 Å². The number of rotatable bonds is 5. The number of nitriles is 1. The number of nitrogens with two attached hydrogens (primary N) is 1. The molecule has 198 valence electrons. The van der Waals surface area contributed by atoms with Gasteiger partial charge in [-0.1, -0.05) is 54.2 Å². The molecule has 3 heterocycles. The van der Waals surface area contributed by atoms with Gasteiger partial charge in [0.15, 0.2) is 5.16 Å². The molecule has 0 saturated carbocycles. The largest absolute Gasteiger partial charge is 0.384 e. The van der Waals surface area contributed by atoms with Crippen LogP contribution in [0.4, 0.5) is 20.3 Å². The smallest absolute Gasteiger partial charge is 0.258 e. The Morgan fingerprint density at radius 3 is 2.42 bits per heavy atom. The molecule has 2 aliphatic heterocycles. The number of hydrogen-bond acceptors (Lipinski definition) is 7. The van der Waals surface area contributed by atoms with Crippen LogP contribution in [0, 0.1) is 23.0 Å². The van der Waals surface area contributed by atoms with E-state index in [4.69, 9.17) is 5.73 Å². The Morgan fingerprint density at radius 1 is 1.00 bits per heavy atom. The molecule has 40 heavy (non-hydrogen) atoms. The Labute approximate surface area is 231 Å². The highest BCUT2D eigenvalue weighted by Crippen LogP contribution is 2.53. The number of aromatic nitrogens is 2. The van der Waals surface area contributed by atoms with Crippen molar-refractivity contribution in [2.24, 2.45) is 5.73 Å². The molecule has 1 aromatic heterocycles. The van der Waals surface area contributed by atoms with Gasteiger partial charge in [-0.3, -0.25) is 9.59 Å².